The minimum absolute atomic E-state index is 0.0180. The summed E-state index contributed by atoms with van der Waals surface area (Å²) in [5, 5.41) is 9.55. The molecule has 0 spiro atoms. The summed E-state index contributed by atoms with van der Waals surface area (Å²) < 4.78 is 0. The van der Waals surface area contributed by atoms with Gasteiger partial charge in [0, 0.05) is 36.4 Å². The third-order valence-corrected chi connectivity index (χ3v) is 6.34. The maximum absolute atomic E-state index is 13.0. The van der Waals surface area contributed by atoms with Crippen LogP contribution in [0.2, 0.25) is 0 Å². The van der Waals surface area contributed by atoms with Gasteiger partial charge in [-0.2, -0.15) is 10.2 Å². The summed E-state index contributed by atoms with van der Waals surface area (Å²) in [6.45, 7) is 1.91. The summed E-state index contributed by atoms with van der Waals surface area (Å²) in [7, 11) is 2.10. The monoisotopic (exact) mass is 427 g/mol. The Kier molecular flexibility index (Phi) is 5.36. The van der Waals surface area contributed by atoms with Crippen molar-refractivity contribution in [2.75, 3.05) is 20.1 Å². The first-order valence-corrected chi connectivity index (χ1v) is 11.1. The van der Waals surface area contributed by atoms with Crippen molar-refractivity contribution in [1.82, 2.24) is 25.1 Å². The van der Waals surface area contributed by atoms with Crippen LogP contribution in [0.25, 0.3) is 26.9 Å². The molecule has 6 nitrogen and oxygen atoms in total. The Morgan fingerprint density at radius 3 is 2.90 bits per heavy atom. The van der Waals surface area contributed by atoms with Gasteiger partial charge in [0.15, 0.2) is 5.78 Å². The van der Waals surface area contributed by atoms with Gasteiger partial charge >= 0.3 is 0 Å². The van der Waals surface area contributed by atoms with Crippen LogP contribution in [-0.2, 0) is 6.42 Å². The number of hydrogen-bond donors (Lipinski definition) is 0. The number of ketones is 1. The van der Waals surface area contributed by atoms with Crippen LogP contribution in [0.5, 0.6) is 0 Å². The molecule has 5 rings (SSSR count). The number of aromatic nitrogens is 4. The van der Waals surface area contributed by atoms with Crippen LogP contribution in [0, 0.1) is 0 Å². The van der Waals surface area contributed by atoms with Gasteiger partial charge in [-0.15, -0.1) is 11.3 Å². The van der Waals surface area contributed by atoms with Crippen LogP contribution in [0.15, 0.2) is 60.4 Å². The van der Waals surface area contributed by atoms with Gasteiger partial charge in [0.05, 0.1) is 33.7 Å². The zero-order valence-corrected chi connectivity index (χ0v) is 18.0. The van der Waals surface area contributed by atoms with Crippen molar-refractivity contribution in [3.05, 3.63) is 77.3 Å². The van der Waals surface area contributed by atoms with Crippen molar-refractivity contribution >= 4 is 33.6 Å². The zero-order valence-electron chi connectivity index (χ0n) is 17.2. The number of benzene rings is 1. The van der Waals surface area contributed by atoms with Crippen LogP contribution in [-0.4, -0.2) is 51.0 Å². The maximum Gasteiger partial charge on any atom is 0.169 e. The first-order chi connectivity index (χ1) is 15.2. The first kappa shape index (κ1) is 19.7. The summed E-state index contributed by atoms with van der Waals surface area (Å²) in [5.74, 6) is 0.0180. The molecular formula is C24H21N5OS. The van der Waals surface area contributed by atoms with Gasteiger partial charge < -0.3 is 4.90 Å². The normalized spacial score (nSPS) is 14.5. The number of rotatable bonds is 5. The largest absolute Gasteiger partial charge is 0.302 e. The van der Waals surface area contributed by atoms with Gasteiger partial charge in [-0.05, 0) is 54.9 Å². The molecule has 4 heterocycles. The predicted octanol–water partition coefficient (Wildman–Crippen LogP) is 4.29. The fourth-order valence-electron chi connectivity index (χ4n) is 3.74. The second kappa shape index (κ2) is 8.45. The minimum Gasteiger partial charge on any atom is -0.302 e. The van der Waals surface area contributed by atoms with E-state index in [0.717, 1.165) is 46.5 Å². The molecule has 3 aromatic heterocycles. The molecule has 31 heavy (non-hydrogen) atoms. The SMILES string of the molecule is CN1CC=C(c2cc(C(=O)Cc3cc4cc(-c5cncs5)ccc4nn3)ccn2)CC1. The third-order valence-electron chi connectivity index (χ3n) is 5.52. The molecule has 0 saturated heterocycles. The molecule has 0 fully saturated rings. The number of fused-ring (bicyclic) bond motifs is 1. The number of pyridine rings is 1. The van der Waals surface area contributed by atoms with Crippen LogP contribution < -0.4 is 0 Å². The van der Waals surface area contributed by atoms with Gasteiger partial charge in [-0.1, -0.05) is 12.1 Å². The Balaban J connectivity index is 1.38. The molecule has 1 aliphatic heterocycles. The molecule has 1 aliphatic rings. The van der Waals surface area contributed by atoms with Crippen LogP contribution in [0.1, 0.15) is 28.2 Å². The smallest absolute Gasteiger partial charge is 0.169 e. The topological polar surface area (TPSA) is 71.9 Å². The second-order valence-corrected chi connectivity index (χ2v) is 8.63. The third kappa shape index (κ3) is 4.28. The van der Waals surface area contributed by atoms with E-state index in [2.05, 4.69) is 44.3 Å². The number of carbonyl (C=O) groups is 1. The van der Waals surface area contributed by atoms with E-state index in [1.807, 2.05) is 36.0 Å². The van der Waals surface area contributed by atoms with E-state index in [1.54, 1.807) is 23.6 Å². The Morgan fingerprint density at radius 2 is 2.10 bits per heavy atom. The lowest BCUT2D eigenvalue weighted by atomic mass is 10.0. The maximum atomic E-state index is 13.0. The van der Waals surface area contributed by atoms with Crippen LogP contribution in [0.3, 0.4) is 0 Å². The zero-order chi connectivity index (χ0) is 21.2. The minimum atomic E-state index is 0.0180. The lowest BCUT2D eigenvalue weighted by molar-refractivity contribution is 0.0991. The Morgan fingerprint density at radius 1 is 1.16 bits per heavy atom. The lowest BCUT2D eigenvalue weighted by Crippen LogP contribution is -2.23. The molecule has 4 aromatic rings. The average molecular weight is 428 g/mol. The first-order valence-electron chi connectivity index (χ1n) is 10.2. The Labute approximate surface area is 184 Å². The molecule has 154 valence electrons. The molecule has 0 N–H and O–H groups in total. The van der Waals surface area contributed by atoms with Gasteiger partial charge in [0.2, 0.25) is 0 Å². The molecule has 0 amide bonds. The fourth-order valence-corrected chi connectivity index (χ4v) is 4.36. The summed E-state index contributed by atoms with van der Waals surface area (Å²) in [6.07, 6.45) is 6.91. The molecule has 0 atom stereocenters. The number of hydrogen-bond acceptors (Lipinski definition) is 7. The van der Waals surface area contributed by atoms with Gasteiger partial charge in [-0.25, -0.2) is 0 Å². The number of thiazole rings is 1. The Hall–Kier alpha value is -3.29. The standard InChI is InChI=1S/C24H21N5OS/c1-29-8-5-16(6-9-29)22-12-17(4-7-26-22)23(30)13-20-11-19-10-18(24-14-25-15-31-24)2-3-21(19)28-27-20/h2-5,7,10-12,14-15H,6,8-9,13H2,1H3. The summed E-state index contributed by atoms with van der Waals surface area (Å²) >= 11 is 1.60. The van der Waals surface area contributed by atoms with Gasteiger partial charge in [0.1, 0.15) is 0 Å². The van der Waals surface area contributed by atoms with E-state index in [-0.39, 0.29) is 12.2 Å². The van der Waals surface area contributed by atoms with Crippen LogP contribution in [0.4, 0.5) is 0 Å². The fraction of sp³-hybridized carbons (Fsp3) is 0.208. The van der Waals surface area contributed by atoms with Gasteiger partial charge in [0.25, 0.3) is 0 Å². The molecule has 0 bridgehead atoms. The molecule has 0 aliphatic carbocycles. The summed E-state index contributed by atoms with van der Waals surface area (Å²) in [6, 6.07) is 11.7. The lowest BCUT2D eigenvalue weighted by Gasteiger charge is -2.21. The highest BCUT2D eigenvalue weighted by Crippen LogP contribution is 2.26. The average Bonchev–Trinajstić information content (AvgIpc) is 3.34. The van der Waals surface area contributed by atoms with Crippen molar-refractivity contribution in [1.29, 1.82) is 0 Å². The number of likely N-dealkylation sites (N-methyl/N-ethyl adjacent to an activating group) is 1. The van der Waals surface area contributed by atoms with Crippen molar-refractivity contribution in [3.8, 4) is 10.4 Å². The highest BCUT2D eigenvalue weighted by molar-refractivity contribution is 7.13. The molecule has 0 unspecified atom stereocenters. The molecule has 7 heteroatoms. The molecule has 0 saturated carbocycles. The van der Waals surface area contributed by atoms with Crippen molar-refractivity contribution in [3.63, 3.8) is 0 Å². The van der Waals surface area contributed by atoms with E-state index < -0.39 is 0 Å². The second-order valence-electron chi connectivity index (χ2n) is 7.75. The number of Topliss-reactive ketones (excluding diaryl/α,β-unsaturated/α-hetero) is 1. The van der Waals surface area contributed by atoms with Gasteiger partial charge in [-0.3, -0.25) is 14.8 Å². The van der Waals surface area contributed by atoms with Crippen molar-refractivity contribution in [2.24, 2.45) is 0 Å². The molecular weight excluding hydrogens is 406 g/mol. The highest BCUT2D eigenvalue weighted by atomic mass is 32.1. The summed E-state index contributed by atoms with van der Waals surface area (Å²) in [4.78, 5) is 25.0. The number of nitrogens with zero attached hydrogens (tertiary/aromatic N) is 5. The predicted molar refractivity (Wildman–Crippen MR) is 123 cm³/mol. The highest BCUT2D eigenvalue weighted by Gasteiger charge is 2.15. The van der Waals surface area contributed by atoms with Crippen molar-refractivity contribution < 1.29 is 4.79 Å². The molecule has 0 radical (unpaired) electrons. The van der Waals surface area contributed by atoms with E-state index in [0.29, 0.717) is 11.3 Å². The quantitative estimate of drug-likeness (QED) is 0.443. The van der Waals surface area contributed by atoms with Crippen molar-refractivity contribution in [2.45, 2.75) is 12.8 Å². The molecule has 1 aromatic carbocycles. The van der Waals surface area contributed by atoms with E-state index in [4.69, 9.17) is 0 Å². The van der Waals surface area contributed by atoms with Crippen LogP contribution >= 0.6 is 11.3 Å². The summed E-state index contributed by atoms with van der Waals surface area (Å²) in [5.41, 5.74) is 7.13. The Bertz CT molecular complexity index is 1280. The van der Waals surface area contributed by atoms with E-state index >= 15 is 0 Å². The van der Waals surface area contributed by atoms with E-state index in [9.17, 15) is 4.79 Å². The number of carbonyl (C=O) groups excluding carboxylic acids is 1. The van der Waals surface area contributed by atoms with E-state index in [1.165, 1.54) is 5.57 Å².